The summed E-state index contributed by atoms with van der Waals surface area (Å²) in [6.45, 7) is 6.63. The van der Waals surface area contributed by atoms with Gasteiger partial charge in [-0.1, -0.05) is 19.9 Å². The van der Waals surface area contributed by atoms with Crippen LogP contribution in [-0.4, -0.2) is 49.7 Å². The number of sulfonamides is 1. The maximum Gasteiger partial charge on any atom is 0.269 e. The van der Waals surface area contributed by atoms with Crippen LogP contribution in [0.1, 0.15) is 29.8 Å². The van der Waals surface area contributed by atoms with Crippen molar-refractivity contribution >= 4 is 27.3 Å². The highest BCUT2D eigenvalue weighted by Crippen LogP contribution is 2.21. The molecule has 0 heterocycles. The molecule has 0 aliphatic rings. The molecule has 10 heteroatoms. The van der Waals surface area contributed by atoms with Crippen LogP contribution < -0.4 is 10.6 Å². The average molecular weight is 435 g/mol. The number of nitrogens with zero attached hydrogens (tertiary/aromatic N) is 2. The Hall–Kier alpha value is -2.98. The first-order chi connectivity index (χ1) is 14.2. The summed E-state index contributed by atoms with van der Waals surface area (Å²) in [5.74, 6) is -0.378. The summed E-state index contributed by atoms with van der Waals surface area (Å²) < 4.78 is 27.0. The number of hydrogen-bond donors (Lipinski definition) is 2. The predicted octanol–water partition coefficient (Wildman–Crippen LogP) is 2.78. The number of nitro benzene ring substituents is 1. The number of amides is 1. The highest BCUT2D eigenvalue weighted by Gasteiger charge is 2.24. The van der Waals surface area contributed by atoms with Gasteiger partial charge in [-0.15, -0.1) is 0 Å². The molecule has 9 nitrogen and oxygen atoms in total. The molecule has 0 bridgehead atoms. The second kappa shape index (κ2) is 10.2. The molecule has 0 radical (unpaired) electrons. The van der Waals surface area contributed by atoms with E-state index in [-0.39, 0.29) is 22.1 Å². The molecule has 2 N–H and O–H groups in total. The minimum atomic E-state index is -3.67. The van der Waals surface area contributed by atoms with Crippen molar-refractivity contribution in [2.24, 2.45) is 0 Å². The van der Waals surface area contributed by atoms with E-state index in [4.69, 9.17) is 0 Å². The summed E-state index contributed by atoms with van der Waals surface area (Å²) >= 11 is 0. The van der Waals surface area contributed by atoms with Crippen LogP contribution in [0.2, 0.25) is 0 Å². The van der Waals surface area contributed by atoms with Gasteiger partial charge in [0.05, 0.1) is 9.82 Å². The van der Waals surface area contributed by atoms with Crippen LogP contribution in [0.4, 0.5) is 11.4 Å². The standard InChI is InChI=1S/C20H26N4O5S/c1-4-23(5-2)30(28,29)19-14-16(7-6-15(19)3)20(25)22-13-12-21-17-8-10-18(11-9-17)24(26)27/h6-11,14,21H,4-5,12-13H2,1-3H3,(H,22,25). The monoisotopic (exact) mass is 434 g/mol. The number of rotatable bonds is 10. The van der Waals surface area contributed by atoms with Crippen LogP contribution in [0, 0.1) is 17.0 Å². The van der Waals surface area contributed by atoms with Crippen molar-refractivity contribution in [1.29, 1.82) is 0 Å². The maximum absolute atomic E-state index is 12.8. The van der Waals surface area contributed by atoms with E-state index in [1.54, 1.807) is 45.0 Å². The third kappa shape index (κ3) is 5.55. The van der Waals surface area contributed by atoms with Gasteiger partial charge in [-0.2, -0.15) is 4.31 Å². The fourth-order valence-corrected chi connectivity index (χ4v) is 4.62. The number of carbonyl (C=O) groups is 1. The summed E-state index contributed by atoms with van der Waals surface area (Å²) in [5, 5.41) is 16.4. The maximum atomic E-state index is 12.8. The molecule has 2 aromatic rings. The third-order valence-electron chi connectivity index (χ3n) is 4.59. The molecule has 0 saturated heterocycles. The SMILES string of the molecule is CCN(CC)S(=O)(=O)c1cc(C(=O)NCCNc2ccc([N+](=O)[O-])cc2)ccc1C. The Kier molecular flexibility index (Phi) is 7.90. The summed E-state index contributed by atoms with van der Waals surface area (Å²) in [4.78, 5) is 22.8. The van der Waals surface area contributed by atoms with Crippen LogP contribution in [0.5, 0.6) is 0 Å². The summed E-state index contributed by atoms with van der Waals surface area (Å²) in [7, 11) is -3.67. The second-order valence-corrected chi connectivity index (χ2v) is 8.46. The lowest BCUT2D eigenvalue weighted by Gasteiger charge is -2.20. The minimum absolute atomic E-state index is 0.00342. The smallest absolute Gasteiger partial charge is 0.269 e. The van der Waals surface area contributed by atoms with Gasteiger partial charge in [0.25, 0.3) is 11.6 Å². The van der Waals surface area contributed by atoms with E-state index >= 15 is 0 Å². The predicted molar refractivity (Wildman–Crippen MR) is 115 cm³/mol. The van der Waals surface area contributed by atoms with Crippen molar-refractivity contribution in [2.75, 3.05) is 31.5 Å². The Morgan fingerprint density at radius 1 is 1.07 bits per heavy atom. The lowest BCUT2D eigenvalue weighted by Crippen LogP contribution is -2.32. The number of nitro groups is 1. The quantitative estimate of drug-likeness (QED) is 0.337. The average Bonchev–Trinajstić information content (AvgIpc) is 2.72. The molecule has 162 valence electrons. The van der Waals surface area contributed by atoms with Crippen LogP contribution >= 0.6 is 0 Å². The number of benzene rings is 2. The van der Waals surface area contributed by atoms with E-state index in [1.807, 2.05) is 0 Å². The van der Waals surface area contributed by atoms with E-state index < -0.39 is 14.9 Å². The van der Waals surface area contributed by atoms with Gasteiger partial charge in [0, 0.05) is 49.6 Å². The van der Waals surface area contributed by atoms with E-state index in [9.17, 15) is 23.3 Å². The van der Waals surface area contributed by atoms with Gasteiger partial charge in [-0.3, -0.25) is 14.9 Å². The molecule has 0 aliphatic heterocycles. The van der Waals surface area contributed by atoms with Crippen molar-refractivity contribution in [2.45, 2.75) is 25.7 Å². The number of nitrogens with one attached hydrogen (secondary N) is 2. The number of hydrogen-bond acceptors (Lipinski definition) is 6. The van der Waals surface area contributed by atoms with Crippen molar-refractivity contribution in [3.8, 4) is 0 Å². The highest BCUT2D eigenvalue weighted by molar-refractivity contribution is 7.89. The Labute approximate surface area is 176 Å². The highest BCUT2D eigenvalue weighted by atomic mass is 32.2. The molecule has 0 aromatic heterocycles. The molecule has 2 aromatic carbocycles. The molecule has 0 fully saturated rings. The lowest BCUT2D eigenvalue weighted by molar-refractivity contribution is -0.384. The topological polar surface area (TPSA) is 122 Å². The largest absolute Gasteiger partial charge is 0.383 e. The van der Waals surface area contributed by atoms with Crippen molar-refractivity contribution in [3.63, 3.8) is 0 Å². The second-order valence-electron chi connectivity index (χ2n) is 6.56. The molecule has 0 saturated carbocycles. The first kappa shape index (κ1) is 23.3. The Balaban J connectivity index is 1.99. The molecule has 0 atom stereocenters. The minimum Gasteiger partial charge on any atom is -0.383 e. The fraction of sp³-hybridized carbons (Fsp3) is 0.350. The molecular weight excluding hydrogens is 408 g/mol. The Bertz CT molecular complexity index is 1000. The summed E-state index contributed by atoms with van der Waals surface area (Å²) in [6, 6.07) is 10.6. The Morgan fingerprint density at radius 3 is 2.27 bits per heavy atom. The van der Waals surface area contributed by atoms with Gasteiger partial charge < -0.3 is 10.6 Å². The van der Waals surface area contributed by atoms with Gasteiger partial charge >= 0.3 is 0 Å². The first-order valence-corrected chi connectivity index (χ1v) is 11.0. The number of carbonyl (C=O) groups excluding carboxylic acids is 1. The van der Waals surface area contributed by atoms with Crippen LogP contribution in [0.3, 0.4) is 0 Å². The van der Waals surface area contributed by atoms with E-state index in [0.29, 0.717) is 37.4 Å². The van der Waals surface area contributed by atoms with Crippen LogP contribution in [0.25, 0.3) is 0 Å². The molecule has 2 rings (SSSR count). The third-order valence-corrected chi connectivity index (χ3v) is 6.78. The molecule has 1 amide bonds. The van der Waals surface area contributed by atoms with E-state index in [0.717, 1.165) is 0 Å². The van der Waals surface area contributed by atoms with E-state index in [2.05, 4.69) is 10.6 Å². The van der Waals surface area contributed by atoms with Gasteiger partial charge in [-0.05, 0) is 36.8 Å². The molecular formula is C20H26N4O5S. The van der Waals surface area contributed by atoms with Crippen molar-refractivity contribution in [1.82, 2.24) is 9.62 Å². The lowest BCUT2D eigenvalue weighted by atomic mass is 10.1. The molecule has 0 aliphatic carbocycles. The zero-order chi connectivity index (χ0) is 22.3. The number of anilines is 1. The zero-order valence-electron chi connectivity index (χ0n) is 17.2. The normalized spacial score (nSPS) is 11.3. The molecule has 0 unspecified atom stereocenters. The zero-order valence-corrected chi connectivity index (χ0v) is 18.0. The van der Waals surface area contributed by atoms with Crippen LogP contribution in [0.15, 0.2) is 47.4 Å². The molecule has 30 heavy (non-hydrogen) atoms. The molecule has 0 spiro atoms. The van der Waals surface area contributed by atoms with Crippen LogP contribution in [-0.2, 0) is 10.0 Å². The summed E-state index contributed by atoms with van der Waals surface area (Å²) in [6.07, 6.45) is 0. The van der Waals surface area contributed by atoms with E-state index in [1.165, 1.54) is 22.5 Å². The van der Waals surface area contributed by atoms with Gasteiger partial charge in [0.2, 0.25) is 10.0 Å². The first-order valence-electron chi connectivity index (χ1n) is 9.58. The summed E-state index contributed by atoms with van der Waals surface area (Å²) in [5.41, 5.74) is 1.54. The van der Waals surface area contributed by atoms with Crippen molar-refractivity contribution < 1.29 is 18.1 Å². The van der Waals surface area contributed by atoms with Gasteiger partial charge in [0.1, 0.15) is 0 Å². The van der Waals surface area contributed by atoms with Gasteiger partial charge in [0.15, 0.2) is 0 Å². The Morgan fingerprint density at radius 2 is 1.70 bits per heavy atom. The van der Waals surface area contributed by atoms with Crippen molar-refractivity contribution in [3.05, 3.63) is 63.7 Å². The van der Waals surface area contributed by atoms with Gasteiger partial charge in [-0.25, -0.2) is 8.42 Å². The number of non-ortho nitro benzene ring substituents is 1. The fourth-order valence-electron chi connectivity index (χ4n) is 2.91. The number of aryl methyl sites for hydroxylation is 1.